The van der Waals surface area contributed by atoms with Gasteiger partial charge in [-0.1, -0.05) is 217 Å². The van der Waals surface area contributed by atoms with Crippen molar-refractivity contribution in [2.45, 2.75) is 238 Å². The number of hydrogen-bond acceptors (Lipinski definition) is 7. The summed E-state index contributed by atoms with van der Waals surface area (Å²) >= 11 is 0. The number of unbranched alkanes of at least 4 members (excludes halogenated alkanes) is 28. The number of phosphoric acid groups is 1. The Kier molecular flexibility index (Phi) is 44.3. The van der Waals surface area contributed by atoms with Gasteiger partial charge < -0.3 is 27.9 Å². The summed E-state index contributed by atoms with van der Waals surface area (Å²) in [7, 11) is 1.36. The molecule has 0 spiro atoms. The maximum absolute atomic E-state index is 12.7. The monoisotopic (exact) mass is 882 g/mol. The third-order valence-electron chi connectivity index (χ3n) is 11.2. The van der Waals surface area contributed by atoms with Gasteiger partial charge in [-0.05, 0) is 44.9 Å². The molecule has 2 atom stereocenters. The zero-order chi connectivity index (χ0) is 44.8. The predicted molar refractivity (Wildman–Crippen MR) is 259 cm³/mol. The first-order valence-corrected chi connectivity index (χ1v) is 27.2. The molecular weight excluding hydrogens is 782 g/mol. The first-order valence-electron chi connectivity index (χ1n) is 25.7. The van der Waals surface area contributed by atoms with Crippen molar-refractivity contribution in [2.75, 3.05) is 54.1 Å². The van der Waals surface area contributed by atoms with Crippen LogP contribution in [0.3, 0.4) is 0 Å². The molecule has 360 valence electrons. The highest BCUT2D eigenvalue weighted by molar-refractivity contribution is 7.45. The van der Waals surface area contributed by atoms with E-state index in [1.165, 1.54) is 154 Å². The van der Waals surface area contributed by atoms with E-state index in [1.807, 2.05) is 21.1 Å². The Morgan fingerprint density at radius 1 is 0.525 bits per heavy atom. The zero-order valence-electron chi connectivity index (χ0n) is 40.9. The minimum absolute atomic E-state index is 0.0250. The van der Waals surface area contributed by atoms with E-state index < -0.39 is 13.9 Å². The summed E-state index contributed by atoms with van der Waals surface area (Å²) in [6.07, 6.45) is 54.6. The molecule has 9 heteroatoms. The van der Waals surface area contributed by atoms with Crippen LogP contribution in [0.25, 0.3) is 0 Å². The molecule has 0 rings (SSSR count). The summed E-state index contributed by atoms with van der Waals surface area (Å²) < 4.78 is 34.7. The number of nitrogens with zero attached hydrogens (tertiary/aromatic N) is 1. The minimum Gasteiger partial charge on any atom is -0.756 e. The van der Waals surface area contributed by atoms with Gasteiger partial charge in [0.15, 0.2) is 0 Å². The third-order valence-corrected chi connectivity index (χ3v) is 12.2. The van der Waals surface area contributed by atoms with E-state index >= 15 is 0 Å². The fourth-order valence-electron chi connectivity index (χ4n) is 7.27. The molecule has 0 fully saturated rings. The molecule has 0 N–H and O–H groups in total. The number of rotatable bonds is 48. The van der Waals surface area contributed by atoms with Gasteiger partial charge in [0.1, 0.15) is 19.3 Å². The highest BCUT2D eigenvalue weighted by atomic mass is 31.2. The SMILES string of the molecule is CC/C=C\C/C=C\C/C=C\CCCCCCCCCC(=O)OC(COCCCCCCCCCCCCCCCCCCCCCCCC)COP(=O)([O-])OCC[N+](C)(C)C. The van der Waals surface area contributed by atoms with E-state index in [9.17, 15) is 14.3 Å². The van der Waals surface area contributed by atoms with E-state index in [4.69, 9.17) is 18.5 Å². The Labute approximate surface area is 378 Å². The molecule has 0 saturated carbocycles. The zero-order valence-corrected chi connectivity index (χ0v) is 41.8. The summed E-state index contributed by atoms with van der Waals surface area (Å²) in [6, 6.07) is 0. The molecular formula is C52H100NO7P. The van der Waals surface area contributed by atoms with Crippen LogP contribution in [0.2, 0.25) is 0 Å². The van der Waals surface area contributed by atoms with Crippen molar-refractivity contribution in [1.82, 2.24) is 0 Å². The first kappa shape index (κ1) is 59.7. The van der Waals surface area contributed by atoms with Gasteiger partial charge in [0, 0.05) is 13.0 Å². The molecule has 0 heterocycles. The van der Waals surface area contributed by atoms with Crippen molar-refractivity contribution in [2.24, 2.45) is 0 Å². The fourth-order valence-corrected chi connectivity index (χ4v) is 8.00. The second-order valence-electron chi connectivity index (χ2n) is 18.5. The van der Waals surface area contributed by atoms with Crippen LogP contribution in [-0.2, 0) is 27.9 Å². The number of esters is 1. The molecule has 0 aliphatic carbocycles. The van der Waals surface area contributed by atoms with Crippen LogP contribution in [0.1, 0.15) is 232 Å². The average Bonchev–Trinajstić information content (AvgIpc) is 3.22. The lowest BCUT2D eigenvalue weighted by atomic mass is 10.0. The van der Waals surface area contributed by atoms with Crippen molar-refractivity contribution >= 4 is 13.8 Å². The standard InChI is InChI=1S/C52H100NO7P/c1-6-8-10-12-14-16-18-20-22-24-25-26-27-28-30-32-34-36-38-40-42-44-47-57-49-51(50-59-61(55,56)58-48-46-53(3,4)5)60-52(54)45-43-41-39-37-35-33-31-29-23-21-19-17-15-13-11-9-7-2/h9,11,15,17,21,23,51H,6-8,10,12-14,16,18-20,22,24-50H2,1-5H3/b11-9-,17-15-,23-21-. The molecule has 61 heavy (non-hydrogen) atoms. The molecule has 0 bridgehead atoms. The van der Waals surface area contributed by atoms with Gasteiger partial charge in [-0.2, -0.15) is 0 Å². The third kappa shape index (κ3) is 49.6. The highest BCUT2D eigenvalue weighted by Crippen LogP contribution is 2.38. The lowest BCUT2D eigenvalue weighted by molar-refractivity contribution is -0.870. The lowest BCUT2D eigenvalue weighted by Gasteiger charge is -2.28. The van der Waals surface area contributed by atoms with Crippen molar-refractivity contribution < 1.29 is 37.3 Å². The quantitative estimate of drug-likeness (QED) is 0.0197. The van der Waals surface area contributed by atoms with Gasteiger partial charge in [-0.25, -0.2) is 0 Å². The molecule has 0 aromatic carbocycles. The molecule has 0 aromatic rings. The Morgan fingerprint density at radius 3 is 1.43 bits per heavy atom. The second-order valence-corrected chi connectivity index (χ2v) is 19.9. The number of phosphoric ester groups is 1. The number of likely N-dealkylation sites (N-methyl/N-ethyl adjacent to an activating group) is 1. The average molecular weight is 882 g/mol. The molecule has 0 radical (unpaired) electrons. The molecule has 0 amide bonds. The summed E-state index contributed by atoms with van der Waals surface area (Å²) in [6.45, 7) is 5.33. The van der Waals surface area contributed by atoms with Gasteiger partial charge in [0.25, 0.3) is 7.82 Å². The highest BCUT2D eigenvalue weighted by Gasteiger charge is 2.20. The van der Waals surface area contributed by atoms with Gasteiger partial charge in [0.05, 0.1) is 34.4 Å². The second kappa shape index (κ2) is 45.3. The van der Waals surface area contributed by atoms with E-state index in [1.54, 1.807) is 0 Å². The Balaban J connectivity index is 4.10. The number of ether oxygens (including phenoxy) is 2. The molecule has 0 aliphatic rings. The summed E-state index contributed by atoms with van der Waals surface area (Å²) in [4.78, 5) is 25.2. The maximum Gasteiger partial charge on any atom is 0.306 e. The van der Waals surface area contributed by atoms with E-state index in [0.717, 1.165) is 57.8 Å². The Bertz CT molecular complexity index is 1070. The fraction of sp³-hybridized carbons (Fsp3) is 0.865. The smallest absolute Gasteiger partial charge is 0.306 e. The van der Waals surface area contributed by atoms with Gasteiger partial charge in [-0.3, -0.25) is 9.36 Å². The van der Waals surface area contributed by atoms with Crippen molar-refractivity contribution in [3.63, 3.8) is 0 Å². The Morgan fingerprint density at radius 2 is 0.951 bits per heavy atom. The number of hydrogen-bond donors (Lipinski definition) is 0. The maximum atomic E-state index is 12.7. The molecule has 8 nitrogen and oxygen atoms in total. The van der Waals surface area contributed by atoms with Crippen LogP contribution in [0, 0.1) is 0 Å². The first-order chi connectivity index (χ1) is 29.6. The number of allylic oxidation sites excluding steroid dienone is 6. The van der Waals surface area contributed by atoms with Crippen LogP contribution in [0.4, 0.5) is 0 Å². The summed E-state index contributed by atoms with van der Waals surface area (Å²) in [5, 5.41) is 0. The van der Waals surface area contributed by atoms with Gasteiger partial charge >= 0.3 is 5.97 Å². The molecule has 0 aliphatic heterocycles. The van der Waals surface area contributed by atoms with Crippen LogP contribution in [0.15, 0.2) is 36.5 Å². The summed E-state index contributed by atoms with van der Waals surface area (Å²) in [5.41, 5.74) is 0. The number of quaternary nitrogens is 1. The number of carbonyl (C=O) groups excluding carboxylic acids is 1. The van der Waals surface area contributed by atoms with Crippen LogP contribution in [0.5, 0.6) is 0 Å². The number of carbonyl (C=O) groups is 1. The van der Waals surface area contributed by atoms with E-state index in [-0.39, 0.29) is 25.8 Å². The van der Waals surface area contributed by atoms with Crippen molar-refractivity contribution in [3.05, 3.63) is 36.5 Å². The van der Waals surface area contributed by atoms with Crippen molar-refractivity contribution in [3.8, 4) is 0 Å². The van der Waals surface area contributed by atoms with Crippen LogP contribution in [-0.4, -0.2) is 70.7 Å². The topological polar surface area (TPSA) is 94.1 Å². The van der Waals surface area contributed by atoms with E-state index in [2.05, 4.69) is 50.3 Å². The molecule has 0 aromatic heterocycles. The van der Waals surface area contributed by atoms with Crippen molar-refractivity contribution in [1.29, 1.82) is 0 Å². The normalized spacial score (nSPS) is 13.9. The van der Waals surface area contributed by atoms with Crippen LogP contribution < -0.4 is 4.89 Å². The predicted octanol–water partition coefficient (Wildman–Crippen LogP) is 15.1. The van der Waals surface area contributed by atoms with Gasteiger partial charge in [-0.15, -0.1) is 0 Å². The lowest BCUT2D eigenvalue weighted by Crippen LogP contribution is -2.37. The molecule has 0 saturated heterocycles. The van der Waals surface area contributed by atoms with E-state index in [0.29, 0.717) is 24.1 Å². The van der Waals surface area contributed by atoms with Gasteiger partial charge in [0.2, 0.25) is 0 Å². The molecule has 2 unspecified atom stereocenters. The largest absolute Gasteiger partial charge is 0.756 e. The minimum atomic E-state index is -4.53. The van der Waals surface area contributed by atoms with Crippen LogP contribution >= 0.6 is 7.82 Å². The Hall–Kier alpha value is -1.28. The summed E-state index contributed by atoms with van der Waals surface area (Å²) in [5.74, 6) is -0.340.